The van der Waals surface area contributed by atoms with Gasteiger partial charge in [-0.2, -0.15) is 0 Å². The monoisotopic (exact) mass is 1190 g/mol. The van der Waals surface area contributed by atoms with Crippen LogP contribution in [0.1, 0.15) is 310 Å². The van der Waals surface area contributed by atoms with Crippen molar-refractivity contribution in [3.8, 4) is 0 Å². The van der Waals surface area contributed by atoms with Crippen LogP contribution in [-0.4, -0.2) is 99.6 Å². The fourth-order valence-electron chi connectivity index (χ4n) is 10.7. The number of carbonyl (C=O) groups excluding carboxylic acids is 2. The number of allylic oxidation sites excluding steroid dienone is 13. The number of amides is 1. The molecule has 8 unspecified atom stereocenters. The van der Waals surface area contributed by atoms with Crippen LogP contribution in [0.25, 0.3) is 0 Å². The van der Waals surface area contributed by atoms with Crippen molar-refractivity contribution in [3.63, 3.8) is 0 Å². The number of hydrogen-bond donors (Lipinski definition) is 6. The van der Waals surface area contributed by atoms with Gasteiger partial charge in [-0.05, 0) is 103 Å². The molecule has 0 aromatic carbocycles. The summed E-state index contributed by atoms with van der Waals surface area (Å²) in [6.07, 6.45) is 70.4. The second kappa shape index (κ2) is 61.1. The van der Waals surface area contributed by atoms with Crippen LogP contribution in [-0.2, 0) is 23.8 Å². The number of carbonyl (C=O) groups is 2. The Morgan fingerprint density at radius 3 is 1.24 bits per heavy atom. The number of rotatable bonds is 60. The van der Waals surface area contributed by atoms with Gasteiger partial charge in [0.05, 0.1) is 25.4 Å². The van der Waals surface area contributed by atoms with E-state index in [2.05, 4.69) is 99.0 Å². The van der Waals surface area contributed by atoms with E-state index in [0.717, 1.165) is 109 Å². The maximum atomic E-state index is 13.5. The predicted octanol–water partition coefficient (Wildman–Crippen LogP) is 18.1. The van der Waals surface area contributed by atoms with Gasteiger partial charge in [-0.15, -0.1) is 0 Å². The van der Waals surface area contributed by atoms with Gasteiger partial charge in [0.15, 0.2) is 12.4 Å². The number of aliphatic hydroxyl groups excluding tert-OH is 5. The van der Waals surface area contributed by atoms with Gasteiger partial charge in [0, 0.05) is 6.42 Å². The first-order valence-electron chi connectivity index (χ1n) is 35.4. The first-order valence-corrected chi connectivity index (χ1v) is 35.4. The summed E-state index contributed by atoms with van der Waals surface area (Å²) in [4.78, 5) is 26.7. The van der Waals surface area contributed by atoms with Gasteiger partial charge in [0.2, 0.25) is 5.91 Å². The molecule has 85 heavy (non-hydrogen) atoms. The fourth-order valence-corrected chi connectivity index (χ4v) is 10.7. The Morgan fingerprint density at radius 2 is 0.812 bits per heavy atom. The Morgan fingerprint density at radius 1 is 0.459 bits per heavy atom. The normalized spacial score (nSPS) is 18.9. The Labute approximate surface area is 521 Å². The zero-order valence-corrected chi connectivity index (χ0v) is 54.7. The quantitative estimate of drug-likeness (QED) is 0.0195. The van der Waals surface area contributed by atoms with Crippen LogP contribution >= 0.6 is 0 Å². The highest BCUT2D eigenvalue weighted by Crippen LogP contribution is 2.26. The molecule has 0 bridgehead atoms. The summed E-state index contributed by atoms with van der Waals surface area (Å²) >= 11 is 0. The van der Waals surface area contributed by atoms with Crippen molar-refractivity contribution in [2.75, 3.05) is 13.2 Å². The number of aliphatic hydroxyl groups is 5. The molecule has 492 valence electrons. The number of hydrogen-bond acceptors (Lipinski definition) is 10. The Kier molecular flexibility index (Phi) is 57.4. The zero-order chi connectivity index (χ0) is 61.7. The molecule has 0 spiro atoms. The van der Waals surface area contributed by atoms with Gasteiger partial charge < -0.3 is 45.1 Å². The van der Waals surface area contributed by atoms with E-state index in [0.29, 0.717) is 12.8 Å². The molecule has 11 nitrogen and oxygen atoms in total. The van der Waals surface area contributed by atoms with E-state index in [-0.39, 0.29) is 19.4 Å². The zero-order valence-electron chi connectivity index (χ0n) is 54.7. The maximum absolute atomic E-state index is 13.5. The third-order valence-corrected chi connectivity index (χ3v) is 16.3. The lowest BCUT2D eigenvalue weighted by atomic mass is 9.99. The van der Waals surface area contributed by atoms with Gasteiger partial charge in [0.1, 0.15) is 24.4 Å². The van der Waals surface area contributed by atoms with Gasteiger partial charge in [-0.25, -0.2) is 0 Å². The van der Waals surface area contributed by atoms with Crippen molar-refractivity contribution in [1.82, 2.24) is 5.32 Å². The molecular weight excluding hydrogens is 1060 g/mol. The average molecular weight is 1190 g/mol. The highest BCUT2D eigenvalue weighted by Gasteiger charge is 2.47. The molecule has 1 aliphatic heterocycles. The van der Waals surface area contributed by atoms with Crippen LogP contribution in [0.15, 0.2) is 85.1 Å². The van der Waals surface area contributed by atoms with Gasteiger partial charge in [-0.1, -0.05) is 286 Å². The molecule has 1 rings (SSSR count). The molecular formula is C74H131NO10. The summed E-state index contributed by atoms with van der Waals surface area (Å²) in [7, 11) is 0. The van der Waals surface area contributed by atoms with E-state index in [9.17, 15) is 35.1 Å². The lowest BCUT2D eigenvalue weighted by Crippen LogP contribution is -2.61. The highest BCUT2D eigenvalue weighted by molar-refractivity contribution is 5.80. The van der Waals surface area contributed by atoms with E-state index in [1.54, 1.807) is 6.08 Å². The first kappa shape index (κ1) is 79.9. The van der Waals surface area contributed by atoms with Crippen LogP contribution in [0.4, 0.5) is 0 Å². The third-order valence-electron chi connectivity index (χ3n) is 16.3. The van der Waals surface area contributed by atoms with Crippen LogP contribution in [0, 0.1) is 0 Å². The second-order valence-electron chi connectivity index (χ2n) is 24.3. The minimum absolute atomic E-state index is 0.107. The molecule has 8 atom stereocenters. The van der Waals surface area contributed by atoms with Crippen LogP contribution in [0.5, 0.6) is 0 Å². The molecule has 1 aliphatic rings. The smallest absolute Gasteiger partial charge is 0.306 e. The third kappa shape index (κ3) is 48.4. The van der Waals surface area contributed by atoms with Crippen molar-refractivity contribution in [1.29, 1.82) is 0 Å². The molecule has 11 heteroatoms. The van der Waals surface area contributed by atoms with Gasteiger partial charge in [-0.3, -0.25) is 9.59 Å². The van der Waals surface area contributed by atoms with E-state index >= 15 is 0 Å². The number of nitrogens with one attached hydrogen (secondary N) is 1. The minimum Gasteiger partial charge on any atom is -0.454 e. The average Bonchev–Trinajstić information content (AvgIpc) is 3.17. The summed E-state index contributed by atoms with van der Waals surface area (Å²) in [6.45, 7) is 5.76. The summed E-state index contributed by atoms with van der Waals surface area (Å²) < 4.78 is 17.7. The molecule has 1 heterocycles. The minimum atomic E-state index is -1.62. The number of esters is 1. The Hall–Kier alpha value is -3.16. The van der Waals surface area contributed by atoms with E-state index in [1.165, 1.54) is 154 Å². The lowest BCUT2D eigenvalue weighted by Gasteiger charge is -2.41. The highest BCUT2D eigenvalue weighted by atomic mass is 16.7. The van der Waals surface area contributed by atoms with Crippen LogP contribution in [0.3, 0.4) is 0 Å². The van der Waals surface area contributed by atoms with Crippen LogP contribution in [0.2, 0.25) is 0 Å². The number of unbranched alkanes of at least 4 members (excludes halogenated alkanes) is 34. The van der Waals surface area contributed by atoms with Crippen molar-refractivity contribution in [3.05, 3.63) is 85.1 Å². The van der Waals surface area contributed by atoms with E-state index in [4.69, 9.17) is 14.2 Å². The molecule has 0 radical (unpaired) electrons. The molecule has 0 saturated carbocycles. The van der Waals surface area contributed by atoms with Crippen LogP contribution < -0.4 is 5.32 Å². The van der Waals surface area contributed by atoms with Gasteiger partial charge in [0.25, 0.3) is 0 Å². The topological polar surface area (TPSA) is 175 Å². The van der Waals surface area contributed by atoms with Gasteiger partial charge >= 0.3 is 5.97 Å². The second-order valence-corrected chi connectivity index (χ2v) is 24.3. The Balaban J connectivity index is 2.61. The van der Waals surface area contributed by atoms with Crippen molar-refractivity contribution in [2.24, 2.45) is 0 Å². The lowest BCUT2D eigenvalue weighted by molar-refractivity contribution is -0.305. The number of ether oxygens (including phenoxy) is 3. The molecule has 1 saturated heterocycles. The SMILES string of the molecule is CCCCC/C=C\C/C=C\C/C=C\CCCCCCCCCCCCCC(O)C(=O)NC(COC1OC(CO)C(O)C(O)C1OC(=O)CCCCCCCC/C=C\C/C=C\C/C=C\CCCCC)C(O)/C=C/CCCCCCCCCCCCC. The largest absolute Gasteiger partial charge is 0.454 e. The van der Waals surface area contributed by atoms with E-state index in [1.807, 2.05) is 6.08 Å². The molecule has 0 aromatic rings. The Bertz CT molecular complexity index is 1710. The maximum Gasteiger partial charge on any atom is 0.306 e. The molecule has 0 aromatic heterocycles. The summed E-state index contributed by atoms with van der Waals surface area (Å²) in [5.41, 5.74) is 0. The first-order chi connectivity index (χ1) is 41.7. The molecule has 6 N–H and O–H groups in total. The standard InChI is InChI=1S/C74H131NO10/c1-4-7-10-13-16-19-22-25-27-29-31-32-33-34-35-37-38-40-43-46-49-52-55-58-61-67(78)73(82)75-65(66(77)60-57-54-51-48-45-42-24-21-18-15-12-9-6-3)64-83-74-72(71(81)70(80)68(63-76)84-74)85-69(79)62-59-56-53-50-47-44-41-39-36-30-28-26-23-20-17-14-11-8-5-2/h16-17,19-20,25-28,31-32,36,39,57,60,65-68,70-72,74,76-78,80-81H,4-15,18,21-24,29-30,33-35,37-38,40-56,58-59,61-64H2,1-3H3,(H,75,82)/b19-16-,20-17-,27-25-,28-26-,32-31-,39-36-,60-57+. The molecule has 1 amide bonds. The summed E-state index contributed by atoms with van der Waals surface area (Å²) in [5.74, 6) is -1.21. The summed E-state index contributed by atoms with van der Waals surface area (Å²) in [5, 5.41) is 57.3. The van der Waals surface area contributed by atoms with E-state index < -0.39 is 67.4 Å². The molecule has 0 aliphatic carbocycles. The summed E-state index contributed by atoms with van der Waals surface area (Å²) in [6, 6.07) is -1.03. The predicted molar refractivity (Wildman–Crippen MR) is 356 cm³/mol. The van der Waals surface area contributed by atoms with Crippen molar-refractivity contribution >= 4 is 11.9 Å². The fraction of sp³-hybridized carbons (Fsp3) is 0.784. The molecule has 1 fully saturated rings. The van der Waals surface area contributed by atoms with Crippen molar-refractivity contribution in [2.45, 2.75) is 359 Å². The van der Waals surface area contributed by atoms with Crippen molar-refractivity contribution < 1.29 is 49.3 Å².